The van der Waals surface area contributed by atoms with Gasteiger partial charge in [-0.2, -0.15) is 5.26 Å². The highest BCUT2D eigenvalue weighted by molar-refractivity contribution is 7.16. The van der Waals surface area contributed by atoms with E-state index >= 15 is 0 Å². The highest BCUT2D eigenvalue weighted by atomic mass is 32.1. The van der Waals surface area contributed by atoms with Gasteiger partial charge >= 0.3 is 5.97 Å². The van der Waals surface area contributed by atoms with Crippen molar-refractivity contribution in [3.05, 3.63) is 16.0 Å². The number of nitrogens with zero attached hydrogens (tertiary/aromatic N) is 1. The van der Waals surface area contributed by atoms with Crippen LogP contribution in [0.5, 0.6) is 0 Å². The van der Waals surface area contributed by atoms with E-state index in [1.807, 2.05) is 0 Å². The van der Waals surface area contributed by atoms with Crippen LogP contribution in [0.4, 0.5) is 5.00 Å². The van der Waals surface area contributed by atoms with Crippen molar-refractivity contribution >= 4 is 28.2 Å². The molecule has 5 nitrogen and oxygen atoms in total. The molecule has 21 heavy (non-hydrogen) atoms. The maximum atomic E-state index is 11.7. The summed E-state index contributed by atoms with van der Waals surface area (Å²) in [5.74, 6) is -0.695. The number of carboxylic acid groups (broad SMARTS) is 1. The lowest BCUT2D eigenvalue weighted by atomic mass is 9.86. The molecule has 0 bridgehead atoms. The molecule has 0 radical (unpaired) electrons. The van der Waals surface area contributed by atoms with Crippen molar-refractivity contribution in [2.24, 2.45) is 5.92 Å². The Hall–Kier alpha value is -1.87. The Labute approximate surface area is 127 Å². The zero-order chi connectivity index (χ0) is 15.4. The number of nitrogens with one attached hydrogen (secondary N) is 1. The fraction of sp³-hybridized carbons (Fsp3) is 0.533. The lowest BCUT2D eigenvalue weighted by Crippen LogP contribution is -2.13. The van der Waals surface area contributed by atoms with E-state index in [1.54, 1.807) is 0 Å². The number of carbonyl (C=O) groups excluding carboxylic acids is 1. The topological polar surface area (TPSA) is 90.2 Å². The first-order chi connectivity index (χ1) is 10.0. The minimum Gasteiger partial charge on any atom is -0.481 e. The van der Waals surface area contributed by atoms with Crippen molar-refractivity contribution in [3.63, 3.8) is 0 Å². The molecule has 0 spiro atoms. The summed E-state index contributed by atoms with van der Waals surface area (Å²) >= 11 is 1.47. The van der Waals surface area contributed by atoms with Gasteiger partial charge in [0.1, 0.15) is 11.1 Å². The number of hydrogen-bond donors (Lipinski definition) is 2. The Bertz CT molecular complexity index is 601. The summed E-state index contributed by atoms with van der Waals surface area (Å²) in [6.45, 7) is 2.17. The maximum absolute atomic E-state index is 11.7. The first-order valence-corrected chi connectivity index (χ1v) is 7.93. The number of fused-ring (bicyclic) bond motifs is 1. The minimum atomic E-state index is -0.998. The van der Waals surface area contributed by atoms with E-state index in [2.05, 4.69) is 18.3 Å². The Morgan fingerprint density at radius 2 is 2.24 bits per heavy atom. The summed E-state index contributed by atoms with van der Waals surface area (Å²) < 4.78 is 0. The molecule has 1 aromatic heterocycles. The maximum Gasteiger partial charge on any atom is 0.303 e. The van der Waals surface area contributed by atoms with Crippen LogP contribution in [0.2, 0.25) is 0 Å². The second-order valence-corrected chi connectivity index (χ2v) is 6.38. The molecule has 0 aromatic carbocycles. The molecule has 1 heterocycles. The molecule has 1 amide bonds. The number of amides is 1. The van der Waals surface area contributed by atoms with Gasteiger partial charge < -0.3 is 10.4 Å². The number of rotatable bonds is 5. The molecule has 1 aliphatic carbocycles. The second kappa shape index (κ2) is 6.72. The number of hydrogen-bond acceptors (Lipinski definition) is 4. The quantitative estimate of drug-likeness (QED) is 0.875. The van der Waals surface area contributed by atoms with Crippen molar-refractivity contribution < 1.29 is 14.7 Å². The molecule has 2 N–H and O–H groups in total. The van der Waals surface area contributed by atoms with E-state index in [0.29, 0.717) is 16.5 Å². The summed E-state index contributed by atoms with van der Waals surface area (Å²) in [5, 5.41) is 21.2. The summed E-state index contributed by atoms with van der Waals surface area (Å²) in [4.78, 5) is 23.4. The van der Waals surface area contributed by atoms with E-state index in [-0.39, 0.29) is 18.7 Å². The standard InChI is InChI=1S/C15H18N2O3S/c1-2-9-3-4-10-11(8-16)15(21-12(10)7-9)17-13(18)5-6-14(19)20/h9H,2-7H2,1H3,(H,17,18)(H,19,20)/t9-/m1/s1. The smallest absolute Gasteiger partial charge is 0.303 e. The largest absolute Gasteiger partial charge is 0.481 e. The van der Waals surface area contributed by atoms with Crippen molar-refractivity contribution in [1.82, 2.24) is 0 Å². The van der Waals surface area contributed by atoms with Gasteiger partial charge in [0.2, 0.25) is 5.91 Å². The highest BCUT2D eigenvalue weighted by Gasteiger charge is 2.25. The molecule has 1 atom stereocenters. The van der Waals surface area contributed by atoms with Crippen LogP contribution < -0.4 is 5.32 Å². The number of carboxylic acids is 1. The van der Waals surface area contributed by atoms with Crippen LogP contribution in [0.1, 0.15) is 48.6 Å². The van der Waals surface area contributed by atoms with E-state index < -0.39 is 5.97 Å². The molecule has 1 aliphatic rings. The van der Waals surface area contributed by atoms with Gasteiger partial charge in [-0.15, -0.1) is 11.3 Å². The first kappa shape index (κ1) is 15.5. The monoisotopic (exact) mass is 306 g/mol. The van der Waals surface area contributed by atoms with Crippen LogP contribution in [-0.4, -0.2) is 17.0 Å². The average molecular weight is 306 g/mol. The molecule has 1 aromatic rings. The normalized spacial score (nSPS) is 16.9. The SMILES string of the molecule is CC[C@@H]1CCc2c(sc(NC(=O)CCC(=O)O)c2C#N)C1. The second-order valence-electron chi connectivity index (χ2n) is 5.28. The molecular weight excluding hydrogens is 288 g/mol. The molecular formula is C15H18N2O3S. The number of thiophene rings is 1. The molecule has 0 fully saturated rings. The average Bonchev–Trinajstić information content (AvgIpc) is 2.80. The van der Waals surface area contributed by atoms with Gasteiger partial charge in [-0.25, -0.2) is 0 Å². The van der Waals surface area contributed by atoms with Gasteiger partial charge in [0.25, 0.3) is 0 Å². The van der Waals surface area contributed by atoms with Crippen LogP contribution in [0.25, 0.3) is 0 Å². The van der Waals surface area contributed by atoms with Gasteiger partial charge in [-0.3, -0.25) is 9.59 Å². The highest BCUT2D eigenvalue weighted by Crippen LogP contribution is 2.40. The molecule has 0 saturated carbocycles. The third-order valence-corrected chi connectivity index (χ3v) is 5.05. The molecule has 2 rings (SSSR count). The molecule has 0 unspecified atom stereocenters. The summed E-state index contributed by atoms with van der Waals surface area (Å²) in [7, 11) is 0. The van der Waals surface area contributed by atoms with E-state index in [0.717, 1.165) is 31.2 Å². The molecule has 0 aliphatic heterocycles. The summed E-state index contributed by atoms with van der Waals surface area (Å²) in [6, 6.07) is 2.19. The van der Waals surface area contributed by atoms with Crippen LogP contribution >= 0.6 is 11.3 Å². The number of carbonyl (C=O) groups is 2. The van der Waals surface area contributed by atoms with Crippen LogP contribution in [0, 0.1) is 17.2 Å². The molecule has 6 heteroatoms. The number of aliphatic carboxylic acids is 1. The number of nitriles is 1. The Kier molecular flexibility index (Phi) is 4.97. The van der Waals surface area contributed by atoms with Crippen LogP contribution in [0.15, 0.2) is 0 Å². The van der Waals surface area contributed by atoms with E-state index in [1.165, 1.54) is 16.2 Å². The van der Waals surface area contributed by atoms with Crippen LogP contribution in [0.3, 0.4) is 0 Å². The predicted octanol–water partition coefficient (Wildman–Crippen LogP) is 2.94. The Morgan fingerprint density at radius 3 is 2.86 bits per heavy atom. The van der Waals surface area contributed by atoms with Gasteiger partial charge in [0, 0.05) is 11.3 Å². The van der Waals surface area contributed by atoms with Crippen LogP contribution in [-0.2, 0) is 22.4 Å². The van der Waals surface area contributed by atoms with Crippen molar-refractivity contribution in [3.8, 4) is 6.07 Å². The number of anilines is 1. The van der Waals surface area contributed by atoms with Crippen molar-refractivity contribution in [2.45, 2.75) is 45.4 Å². The Balaban J connectivity index is 2.14. The van der Waals surface area contributed by atoms with Crippen molar-refractivity contribution in [1.29, 1.82) is 5.26 Å². The fourth-order valence-electron chi connectivity index (χ4n) is 2.62. The third kappa shape index (κ3) is 3.61. The summed E-state index contributed by atoms with van der Waals surface area (Å²) in [6.07, 6.45) is 3.80. The van der Waals surface area contributed by atoms with E-state index in [9.17, 15) is 14.9 Å². The minimum absolute atomic E-state index is 0.0691. The molecule has 112 valence electrons. The fourth-order valence-corrected chi connectivity index (χ4v) is 3.95. The lowest BCUT2D eigenvalue weighted by Gasteiger charge is -2.20. The zero-order valence-corrected chi connectivity index (χ0v) is 12.8. The Morgan fingerprint density at radius 1 is 1.48 bits per heavy atom. The first-order valence-electron chi connectivity index (χ1n) is 7.11. The molecule has 0 saturated heterocycles. The van der Waals surface area contributed by atoms with Gasteiger partial charge in [0.15, 0.2) is 0 Å². The van der Waals surface area contributed by atoms with Gasteiger partial charge in [-0.05, 0) is 30.7 Å². The zero-order valence-electron chi connectivity index (χ0n) is 11.9. The summed E-state index contributed by atoms with van der Waals surface area (Å²) in [5.41, 5.74) is 1.63. The van der Waals surface area contributed by atoms with Gasteiger partial charge in [0.05, 0.1) is 12.0 Å². The third-order valence-electron chi connectivity index (χ3n) is 3.88. The lowest BCUT2D eigenvalue weighted by molar-refractivity contribution is -0.138. The van der Waals surface area contributed by atoms with Gasteiger partial charge in [-0.1, -0.05) is 13.3 Å². The van der Waals surface area contributed by atoms with E-state index in [4.69, 9.17) is 5.11 Å². The predicted molar refractivity (Wildman–Crippen MR) is 80.3 cm³/mol. The van der Waals surface area contributed by atoms with Crippen molar-refractivity contribution in [2.75, 3.05) is 5.32 Å².